The maximum Gasteiger partial charge on any atom is 0.202 e. The number of nitrogens with two attached hydrogens (primary N) is 1. The summed E-state index contributed by atoms with van der Waals surface area (Å²) in [6, 6.07) is 8.04. The third-order valence-corrected chi connectivity index (χ3v) is 2.72. The molecule has 1 atom stereocenters. The zero-order chi connectivity index (χ0) is 12.1. The van der Waals surface area contributed by atoms with Crippen LogP contribution in [0.1, 0.15) is 22.9 Å². The summed E-state index contributed by atoms with van der Waals surface area (Å²) < 4.78 is 10.5. The van der Waals surface area contributed by atoms with Crippen molar-refractivity contribution < 1.29 is 9.15 Å². The van der Waals surface area contributed by atoms with Gasteiger partial charge in [0, 0.05) is 13.7 Å². The van der Waals surface area contributed by atoms with E-state index in [0.717, 1.165) is 11.1 Å². The fraction of sp³-hybridized carbons (Fsp3) is 0.308. The average Bonchev–Trinajstić information content (AvgIpc) is 2.86. The summed E-state index contributed by atoms with van der Waals surface area (Å²) in [4.78, 5) is 4.18. The zero-order valence-corrected chi connectivity index (χ0v) is 9.80. The molecule has 0 bridgehead atoms. The van der Waals surface area contributed by atoms with Gasteiger partial charge in [-0.25, -0.2) is 4.98 Å². The lowest BCUT2D eigenvalue weighted by Crippen LogP contribution is -2.16. The summed E-state index contributed by atoms with van der Waals surface area (Å²) in [7, 11) is 1.68. The van der Waals surface area contributed by atoms with Gasteiger partial charge in [-0.15, -0.1) is 0 Å². The molecule has 90 valence electrons. The van der Waals surface area contributed by atoms with Crippen LogP contribution in [0.25, 0.3) is 0 Å². The van der Waals surface area contributed by atoms with Crippen molar-refractivity contribution in [3.8, 4) is 0 Å². The zero-order valence-electron chi connectivity index (χ0n) is 9.80. The van der Waals surface area contributed by atoms with E-state index in [0.29, 0.717) is 19.0 Å². The van der Waals surface area contributed by atoms with E-state index in [2.05, 4.69) is 4.98 Å². The molecule has 1 unspecified atom stereocenters. The number of ether oxygens (including phenoxy) is 1. The number of rotatable bonds is 5. The number of hydrogen-bond donors (Lipinski definition) is 1. The Kier molecular flexibility index (Phi) is 3.90. The Morgan fingerprint density at radius 1 is 1.41 bits per heavy atom. The van der Waals surface area contributed by atoms with E-state index in [1.165, 1.54) is 0 Å². The molecule has 4 heteroatoms. The maximum atomic E-state index is 5.82. The van der Waals surface area contributed by atoms with Crippen LogP contribution in [-0.4, -0.2) is 18.6 Å². The number of oxazole rings is 1. The van der Waals surface area contributed by atoms with Gasteiger partial charge in [-0.1, -0.05) is 24.3 Å². The van der Waals surface area contributed by atoms with Gasteiger partial charge in [0.25, 0.3) is 0 Å². The van der Waals surface area contributed by atoms with Crippen LogP contribution in [-0.2, 0) is 11.3 Å². The van der Waals surface area contributed by atoms with Gasteiger partial charge in [-0.3, -0.25) is 0 Å². The third-order valence-electron chi connectivity index (χ3n) is 2.72. The molecule has 0 aliphatic carbocycles. The molecule has 2 aromatic rings. The van der Waals surface area contributed by atoms with Gasteiger partial charge >= 0.3 is 0 Å². The minimum atomic E-state index is -0.0173. The van der Waals surface area contributed by atoms with Crippen molar-refractivity contribution in [1.29, 1.82) is 0 Å². The van der Waals surface area contributed by atoms with E-state index in [9.17, 15) is 0 Å². The largest absolute Gasteiger partial charge is 0.448 e. The highest BCUT2D eigenvalue weighted by atomic mass is 16.5. The highest BCUT2D eigenvalue weighted by Crippen LogP contribution is 2.25. The highest BCUT2D eigenvalue weighted by molar-refractivity contribution is 5.33. The van der Waals surface area contributed by atoms with Crippen LogP contribution in [0.15, 0.2) is 41.1 Å². The van der Waals surface area contributed by atoms with Crippen LogP contribution in [0.5, 0.6) is 0 Å². The Morgan fingerprint density at radius 2 is 2.24 bits per heavy atom. The molecule has 0 amide bonds. The second kappa shape index (κ2) is 5.61. The lowest BCUT2D eigenvalue weighted by molar-refractivity contribution is 0.184. The molecular formula is C13H16N2O2. The highest BCUT2D eigenvalue weighted by Gasteiger charge is 2.19. The number of aromatic nitrogens is 1. The van der Waals surface area contributed by atoms with Crippen molar-refractivity contribution in [1.82, 2.24) is 4.98 Å². The molecule has 17 heavy (non-hydrogen) atoms. The van der Waals surface area contributed by atoms with E-state index in [1.54, 1.807) is 19.6 Å². The maximum absolute atomic E-state index is 5.82. The van der Waals surface area contributed by atoms with Crippen molar-refractivity contribution >= 4 is 0 Å². The normalized spacial score (nSPS) is 12.6. The summed E-state index contributed by atoms with van der Waals surface area (Å²) >= 11 is 0. The molecule has 1 aromatic heterocycles. The number of methoxy groups -OCH3 is 1. The van der Waals surface area contributed by atoms with Gasteiger partial charge < -0.3 is 14.9 Å². The number of nitrogens with zero attached hydrogens (tertiary/aromatic N) is 1. The quantitative estimate of drug-likeness (QED) is 0.855. The molecule has 2 N–H and O–H groups in total. The SMILES string of the molecule is COCc1ccccc1C(CN)c1ncco1. The first kappa shape index (κ1) is 11.8. The van der Waals surface area contributed by atoms with Crippen molar-refractivity contribution in [3.63, 3.8) is 0 Å². The van der Waals surface area contributed by atoms with E-state index in [4.69, 9.17) is 14.9 Å². The van der Waals surface area contributed by atoms with Gasteiger partial charge in [0.2, 0.25) is 5.89 Å². The summed E-state index contributed by atoms with van der Waals surface area (Å²) in [5.41, 5.74) is 8.05. The van der Waals surface area contributed by atoms with Crippen LogP contribution in [0, 0.1) is 0 Å². The van der Waals surface area contributed by atoms with Gasteiger partial charge in [0.1, 0.15) is 6.26 Å². The molecule has 0 aliphatic rings. The van der Waals surface area contributed by atoms with E-state index >= 15 is 0 Å². The molecule has 1 heterocycles. The molecule has 4 nitrogen and oxygen atoms in total. The first-order chi connectivity index (χ1) is 8.36. The Hall–Kier alpha value is -1.65. The second-order valence-corrected chi connectivity index (χ2v) is 3.79. The molecular weight excluding hydrogens is 216 g/mol. The lowest BCUT2D eigenvalue weighted by atomic mass is 9.94. The molecule has 0 radical (unpaired) electrons. The molecule has 0 saturated carbocycles. The summed E-state index contributed by atoms with van der Waals surface area (Å²) in [6.45, 7) is 1.02. The molecule has 0 fully saturated rings. The van der Waals surface area contributed by atoms with Gasteiger partial charge in [0.05, 0.1) is 18.7 Å². The smallest absolute Gasteiger partial charge is 0.202 e. The lowest BCUT2D eigenvalue weighted by Gasteiger charge is -2.15. The number of benzene rings is 1. The molecule has 0 spiro atoms. The van der Waals surface area contributed by atoms with Gasteiger partial charge in [-0.2, -0.15) is 0 Å². The van der Waals surface area contributed by atoms with Crippen LogP contribution < -0.4 is 5.73 Å². The monoisotopic (exact) mass is 232 g/mol. The fourth-order valence-electron chi connectivity index (χ4n) is 1.93. The Morgan fingerprint density at radius 3 is 2.88 bits per heavy atom. The van der Waals surface area contributed by atoms with Gasteiger partial charge in [0.15, 0.2) is 0 Å². The second-order valence-electron chi connectivity index (χ2n) is 3.79. The van der Waals surface area contributed by atoms with E-state index in [1.807, 2.05) is 24.3 Å². The Balaban J connectivity index is 2.37. The summed E-state index contributed by atoms with van der Waals surface area (Å²) in [5, 5.41) is 0. The fourth-order valence-corrected chi connectivity index (χ4v) is 1.93. The van der Waals surface area contributed by atoms with Crippen molar-refractivity contribution in [3.05, 3.63) is 53.7 Å². The van der Waals surface area contributed by atoms with Crippen molar-refractivity contribution in [2.45, 2.75) is 12.5 Å². The first-order valence-electron chi connectivity index (χ1n) is 5.53. The summed E-state index contributed by atoms with van der Waals surface area (Å²) in [5.74, 6) is 0.632. The van der Waals surface area contributed by atoms with Crippen molar-refractivity contribution in [2.24, 2.45) is 5.73 Å². The molecule has 0 saturated heterocycles. The van der Waals surface area contributed by atoms with Crippen molar-refractivity contribution in [2.75, 3.05) is 13.7 Å². The third kappa shape index (κ3) is 2.54. The average molecular weight is 232 g/mol. The Labute approximate surface area is 100 Å². The standard InChI is InChI=1S/C13H16N2O2/c1-16-9-10-4-2-3-5-11(10)12(8-14)13-15-6-7-17-13/h2-7,12H,8-9,14H2,1H3. The number of hydrogen-bond acceptors (Lipinski definition) is 4. The van der Waals surface area contributed by atoms with Crippen LogP contribution >= 0.6 is 0 Å². The first-order valence-corrected chi connectivity index (χ1v) is 5.53. The van der Waals surface area contributed by atoms with Crippen LogP contribution in [0.3, 0.4) is 0 Å². The van der Waals surface area contributed by atoms with E-state index in [-0.39, 0.29) is 5.92 Å². The van der Waals surface area contributed by atoms with Gasteiger partial charge in [-0.05, 0) is 11.1 Å². The minimum Gasteiger partial charge on any atom is -0.448 e. The molecule has 2 rings (SSSR count). The van der Waals surface area contributed by atoms with Crippen LogP contribution in [0.2, 0.25) is 0 Å². The minimum absolute atomic E-state index is 0.0173. The Bertz CT molecular complexity index is 454. The van der Waals surface area contributed by atoms with E-state index < -0.39 is 0 Å². The predicted molar refractivity (Wildman–Crippen MR) is 64.6 cm³/mol. The topological polar surface area (TPSA) is 61.3 Å². The van der Waals surface area contributed by atoms with Crippen LogP contribution in [0.4, 0.5) is 0 Å². The molecule has 1 aromatic carbocycles. The summed E-state index contributed by atoms with van der Waals surface area (Å²) in [6.07, 6.45) is 3.20. The predicted octanol–water partition coefficient (Wildman–Crippen LogP) is 1.91. The molecule has 0 aliphatic heterocycles.